The van der Waals surface area contributed by atoms with Crippen LogP contribution in [0.1, 0.15) is 24.1 Å². The molecule has 2 heterocycles. The molecule has 3 rings (SSSR count). The predicted molar refractivity (Wildman–Crippen MR) is 89.6 cm³/mol. The minimum atomic E-state index is -0.0767. The van der Waals surface area contributed by atoms with Crippen molar-refractivity contribution >= 4 is 23.4 Å². The number of hydrogen-bond donors (Lipinski definition) is 1. The first-order valence-electron chi connectivity index (χ1n) is 7.82. The third kappa shape index (κ3) is 4.12. The Balaban J connectivity index is 1.58. The summed E-state index contributed by atoms with van der Waals surface area (Å²) in [6, 6.07) is 9.95. The van der Waals surface area contributed by atoms with Gasteiger partial charge in [0.05, 0.1) is 12.2 Å². The zero-order chi connectivity index (χ0) is 16.2. The molecule has 1 fully saturated rings. The van der Waals surface area contributed by atoms with Crippen molar-refractivity contribution in [2.45, 2.75) is 32.2 Å². The molecule has 0 spiro atoms. The zero-order valence-corrected chi connectivity index (χ0v) is 13.8. The number of carbonyl (C=O) groups excluding carboxylic acids is 1. The van der Waals surface area contributed by atoms with Crippen molar-refractivity contribution in [3.05, 3.63) is 46.6 Å². The number of benzene rings is 1. The smallest absolute Gasteiger partial charge is 0.240 e. The fraction of sp³-hybridized carbons (Fsp3) is 0.412. The molecule has 0 radical (unpaired) electrons. The van der Waals surface area contributed by atoms with Crippen LogP contribution in [-0.2, 0) is 11.2 Å². The van der Waals surface area contributed by atoms with E-state index in [9.17, 15) is 4.79 Å². The maximum atomic E-state index is 12.2. The fourth-order valence-corrected chi connectivity index (χ4v) is 3.25. The number of nitrogens with one attached hydrogen (secondary N) is 1. The van der Waals surface area contributed by atoms with Crippen molar-refractivity contribution in [3.63, 3.8) is 0 Å². The van der Waals surface area contributed by atoms with Crippen molar-refractivity contribution in [3.8, 4) is 0 Å². The van der Waals surface area contributed by atoms with Gasteiger partial charge in [0, 0.05) is 17.1 Å². The third-order valence-electron chi connectivity index (χ3n) is 4.15. The number of rotatable bonds is 5. The highest BCUT2D eigenvalue weighted by molar-refractivity contribution is 6.31. The Morgan fingerprint density at radius 3 is 3.04 bits per heavy atom. The molecule has 1 unspecified atom stereocenters. The van der Waals surface area contributed by atoms with Crippen LogP contribution in [0.4, 0.5) is 5.88 Å². The van der Waals surface area contributed by atoms with Gasteiger partial charge in [-0.25, -0.2) is 0 Å². The molecule has 122 valence electrons. The first-order valence-corrected chi connectivity index (χ1v) is 8.20. The Bertz CT molecular complexity index is 686. The molecule has 1 N–H and O–H groups in total. The van der Waals surface area contributed by atoms with Crippen LogP contribution in [0.5, 0.6) is 0 Å². The number of amides is 1. The van der Waals surface area contributed by atoms with Gasteiger partial charge in [0.1, 0.15) is 0 Å². The molecule has 0 saturated carbocycles. The first kappa shape index (κ1) is 16.0. The zero-order valence-electron chi connectivity index (χ0n) is 13.1. The second-order valence-corrected chi connectivity index (χ2v) is 6.35. The van der Waals surface area contributed by atoms with Gasteiger partial charge < -0.3 is 4.52 Å². The van der Waals surface area contributed by atoms with Gasteiger partial charge in [0.2, 0.25) is 11.8 Å². The van der Waals surface area contributed by atoms with E-state index in [-0.39, 0.29) is 5.91 Å². The van der Waals surface area contributed by atoms with Crippen LogP contribution in [0.2, 0.25) is 5.02 Å². The molecule has 1 aromatic heterocycles. The number of likely N-dealkylation sites (tertiary alicyclic amines) is 1. The lowest BCUT2D eigenvalue weighted by Gasteiger charge is -2.24. The maximum Gasteiger partial charge on any atom is 0.240 e. The standard InChI is InChI=1S/C17H20ClN3O2/c1-12-9-17(23-20-12)19-16(22)11-21-8-4-6-14(21)10-13-5-2-3-7-15(13)18/h2-3,5,7,9,14H,4,6,8,10-11H2,1H3,(H,19,22). The maximum absolute atomic E-state index is 12.2. The Labute approximate surface area is 140 Å². The Morgan fingerprint density at radius 2 is 2.30 bits per heavy atom. The van der Waals surface area contributed by atoms with Crippen molar-refractivity contribution in [2.24, 2.45) is 0 Å². The summed E-state index contributed by atoms with van der Waals surface area (Å²) in [6.45, 7) is 3.10. The normalized spacial score (nSPS) is 18.3. The molecule has 0 aliphatic carbocycles. The number of carbonyl (C=O) groups is 1. The summed E-state index contributed by atoms with van der Waals surface area (Å²) in [4.78, 5) is 14.4. The highest BCUT2D eigenvalue weighted by atomic mass is 35.5. The van der Waals surface area contributed by atoms with Gasteiger partial charge in [-0.2, -0.15) is 0 Å². The van der Waals surface area contributed by atoms with Crippen molar-refractivity contribution in [1.29, 1.82) is 0 Å². The molecule has 0 bridgehead atoms. The van der Waals surface area contributed by atoms with Crippen LogP contribution in [0.15, 0.2) is 34.9 Å². The van der Waals surface area contributed by atoms with Crippen LogP contribution in [0.3, 0.4) is 0 Å². The number of halogens is 1. The topological polar surface area (TPSA) is 58.4 Å². The molecule has 1 amide bonds. The third-order valence-corrected chi connectivity index (χ3v) is 4.52. The number of nitrogens with zero attached hydrogens (tertiary/aromatic N) is 2. The summed E-state index contributed by atoms with van der Waals surface area (Å²) >= 11 is 6.25. The minimum Gasteiger partial charge on any atom is -0.338 e. The second kappa shape index (κ2) is 7.15. The van der Waals surface area contributed by atoms with Gasteiger partial charge in [0.15, 0.2) is 0 Å². The average Bonchev–Trinajstić information content (AvgIpc) is 3.11. The van der Waals surface area contributed by atoms with Crippen molar-refractivity contribution < 1.29 is 9.32 Å². The highest BCUT2D eigenvalue weighted by Crippen LogP contribution is 2.24. The number of aryl methyl sites for hydroxylation is 1. The second-order valence-electron chi connectivity index (χ2n) is 5.94. The van der Waals surface area contributed by atoms with Crippen molar-refractivity contribution in [1.82, 2.24) is 10.1 Å². The number of anilines is 1. The van der Waals surface area contributed by atoms with E-state index in [0.29, 0.717) is 18.5 Å². The number of aromatic nitrogens is 1. The fourth-order valence-electron chi connectivity index (χ4n) is 3.04. The lowest BCUT2D eigenvalue weighted by Crippen LogP contribution is -2.37. The average molecular weight is 334 g/mol. The first-order chi connectivity index (χ1) is 11.1. The van der Waals surface area contributed by atoms with E-state index in [2.05, 4.69) is 21.4 Å². The quantitative estimate of drug-likeness (QED) is 0.912. The van der Waals surface area contributed by atoms with Crippen molar-refractivity contribution in [2.75, 3.05) is 18.4 Å². The monoisotopic (exact) mass is 333 g/mol. The summed E-state index contributed by atoms with van der Waals surface area (Å²) in [5, 5.41) is 7.31. The lowest BCUT2D eigenvalue weighted by atomic mass is 10.0. The molecule has 1 atom stereocenters. The Kier molecular flexibility index (Phi) is 4.98. The van der Waals surface area contributed by atoms with Crippen LogP contribution >= 0.6 is 11.6 Å². The number of hydrogen-bond acceptors (Lipinski definition) is 4. The van der Waals surface area contributed by atoms with E-state index >= 15 is 0 Å². The van der Waals surface area contributed by atoms with E-state index in [1.54, 1.807) is 6.07 Å². The SMILES string of the molecule is Cc1cc(NC(=O)CN2CCCC2Cc2ccccc2Cl)on1. The van der Waals surface area contributed by atoms with E-state index in [0.717, 1.165) is 42.1 Å². The Morgan fingerprint density at radius 1 is 1.48 bits per heavy atom. The van der Waals surface area contributed by atoms with Gasteiger partial charge in [-0.1, -0.05) is 35.0 Å². The molecular weight excluding hydrogens is 314 g/mol. The largest absolute Gasteiger partial charge is 0.338 e. The van der Waals surface area contributed by atoms with Gasteiger partial charge in [-0.05, 0) is 44.4 Å². The molecule has 23 heavy (non-hydrogen) atoms. The van der Waals surface area contributed by atoms with E-state index < -0.39 is 0 Å². The van der Waals surface area contributed by atoms with Gasteiger partial charge in [-0.15, -0.1) is 0 Å². The summed E-state index contributed by atoms with van der Waals surface area (Å²) in [5.41, 5.74) is 1.88. The predicted octanol–water partition coefficient (Wildman–Crippen LogP) is 3.28. The van der Waals surface area contributed by atoms with Gasteiger partial charge >= 0.3 is 0 Å². The van der Waals surface area contributed by atoms with Crippen LogP contribution in [0.25, 0.3) is 0 Å². The molecule has 5 nitrogen and oxygen atoms in total. The molecular formula is C17H20ClN3O2. The van der Waals surface area contributed by atoms with Crippen LogP contribution < -0.4 is 5.32 Å². The van der Waals surface area contributed by atoms with Crippen LogP contribution in [0, 0.1) is 6.92 Å². The minimum absolute atomic E-state index is 0.0767. The Hall–Kier alpha value is -1.85. The van der Waals surface area contributed by atoms with E-state index in [1.165, 1.54) is 0 Å². The van der Waals surface area contributed by atoms with E-state index in [4.69, 9.17) is 16.1 Å². The summed E-state index contributed by atoms with van der Waals surface area (Å²) in [6.07, 6.45) is 3.05. The highest BCUT2D eigenvalue weighted by Gasteiger charge is 2.27. The summed E-state index contributed by atoms with van der Waals surface area (Å²) < 4.78 is 5.02. The van der Waals surface area contributed by atoms with E-state index in [1.807, 2.05) is 25.1 Å². The lowest BCUT2D eigenvalue weighted by molar-refractivity contribution is -0.117. The summed E-state index contributed by atoms with van der Waals surface area (Å²) in [5.74, 6) is 0.321. The molecule has 1 saturated heterocycles. The molecule has 2 aromatic rings. The molecule has 1 aliphatic heterocycles. The molecule has 6 heteroatoms. The van der Waals surface area contributed by atoms with Gasteiger partial charge in [-0.3, -0.25) is 15.0 Å². The molecule has 1 aliphatic rings. The molecule has 1 aromatic carbocycles. The van der Waals surface area contributed by atoms with Crippen LogP contribution in [-0.4, -0.2) is 35.1 Å². The van der Waals surface area contributed by atoms with Gasteiger partial charge in [0.25, 0.3) is 0 Å². The summed E-state index contributed by atoms with van der Waals surface area (Å²) in [7, 11) is 0.